The van der Waals surface area contributed by atoms with Crippen LogP contribution in [-0.4, -0.2) is 35.8 Å². The first-order valence-corrected chi connectivity index (χ1v) is 5.18. The van der Waals surface area contributed by atoms with Gasteiger partial charge in [-0.25, -0.2) is 0 Å². The Labute approximate surface area is 90.0 Å². The number of imide groups is 1. The highest BCUT2D eigenvalue weighted by atomic mass is 16.2. The van der Waals surface area contributed by atoms with Crippen molar-refractivity contribution in [1.29, 1.82) is 0 Å². The number of carbonyl (C=O) groups is 2. The zero-order chi connectivity index (χ0) is 11.3. The van der Waals surface area contributed by atoms with Crippen LogP contribution >= 0.6 is 0 Å². The number of likely N-dealkylation sites (N-methyl/N-ethyl adjacent to an activating group) is 1. The van der Waals surface area contributed by atoms with Crippen molar-refractivity contribution < 1.29 is 9.59 Å². The third-order valence-electron chi connectivity index (χ3n) is 2.38. The minimum Gasteiger partial charge on any atom is -0.304 e. The van der Waals surface area contributed by atoms with E-state index in [4.69, 9.17) is 0 Å². The number of nitrogens with zero attached hydrogens (tertiary/aromatic N) is 1. The number of nitrogens with one attached hydrogen (secondary N) is 1. The highest BCUT2D eigenvalue weighted by molar-refractivity contribution is 6.05. The molecule has 1 unspecified atom stereocenters. The highest BCUT2D eigenvalue weighted by Gasteiger charge is 2.36. The molecule has 0 spiro atoms. The molecule has 4 nitrogen and oxygen atoms in total. The standard InChI is InChI=1S/C11H16N2O2/c1-3-5-6-7-12-9-8-10(14)13(4-2)11(9)15/h9,12H,4,6-8H2,1-2H3. The Morgan fingerprint density at radius 2 is 2.27 bits per heavy atom. The van der Waals surface area contributed by atoms with Crippen LogP contribution in [0, 0.1) is 11.8 Å². The van der Waals surface area contributed by atoms with E-state index in [9.17, 15) is 9.59 Å². The molecule has 1 saturated heterocycles. The molecule has 1 rings (SSSR count). The van der Waals surface area contributed by atoms with Gasteiger partial charge in [0.05, 0.1) is 12.5 Å². The second-order valence-electron chi connectivity index (χ2n) is 3.36. The smallest absolute Gasteiger partial charge is 0.246 e. The van der Waals surface area contributed by atoms with Crippen LogP contribution < -0.4 is 5.32 Å². The van der Waals surface area contributed by atoms with Gasteiger partial charge in [-0.2, -0.15) is 0 Å². The van der Waals surface area contributed by atoms with Crippen molar-refractivity contribution in [3.8, 4) is 11.8 Å². The van der Waals surface area contributed by atoms with Crippen molar-refractivity contribution in [3.05, 3.63) is 0 Å². The molecule has 2 amide bonds. The first-order valence-electron chi connectivity index (χ1n) is 5.18. The number of hydrogen-bond donors (Lipinski definition) is 1. The summed E-state index contributed by atoms with van der Waals surface area (Å²) >= 11 is 0. The summed E-state index contributed by atoms with van der Waals surface area (Å²) in [5.41, 5.74) is 0. The average molecular weight is 208 g/mol. The van der Waals surface area contributed by atoms with E-state index in [-0.39, 0.29) is 24.3 Å². The Morgan fingerprint density at radius 1 is 1.53 bits per heavy atom. The predicted octanol–water partition coefficient (Wildman–Crippen LogP) is 0.137. The molecule has 0 bridgehead atoms. The minimum absolute atomic E-state index is 0.0819. The quantitative estimate of drug-likeness (QED) is 0.406. The van der Waals surface area contributed by atoms with Gasteiger partial charge in [0.1, 0.15) is 0 Å². The second-order valence-corrected chi connectivity index (χ2v) is 3.36. The van der Waals surface area contributed by atoms with E-state index < -0.39 is 0 Å². The lowest BCUT2D eigenvalue weighted by Crippen LogP contribution is -2.38. The lowest BCUT2D eigenvalue weighted by molar-refractivity contribution is -0.138. The molecule has 82 valence electrons. The second kappa shape index (κ2) is 5.52. The molecule has 15 heavy (non-hydrogen) atoms. The number of likely N-dealkylation sites (tertiary alicyclic amines) is 1. The van der Waals surface area contributed by atoms with E-state index in [0.717, 1.165) is 0 Å². The normalized spacial score (nSPS) is 20.4. The fourth-order valence-electron chi connectivity index (χ4n) is 1.61. The first-order chi connectivity index (χ1) is 7.20. The Hall–Kier alpha value is -1.34. The van der Waals surface area contributed by atoms with Gasteiger partial charge >= 0.3 is 0 Å². The lowest BCUT2D eigenvalue weighted by Gasteiger charge is -2.12. The molecule has 1 fully saturated rings. The molecule has 4 heteroatoms. The molecule has 0 saturated carbocycles. The molecule has 1 aliphatic heterocycles. The van der Waals surface area contributed by atoms with Crippen molar-refractivity contribution in [2.75, 3.05) is 13.1 Å². The van der Waals surface area contributed by atoms with Crippen molar-refractivity contribution in [1.82, 2.24) is 10.2 Å². The van der Waals surface area contributed by atoms with Crippen LogP contribution in [0.2, 0.25) is 0 Å². The molecule has 0 aromatic carbocycles. The molecule has 0 aliphatic carbocycles. The van der Waals surface area contributed by atoms with E-state index in [1.54, 1.807) is 13.8 Å². The van der Waals surface area contributed by atoms with Crippen LogP contribution in [0.25, 0.3) is 0 Å². The van der Waals surface area contributed by atoms with Crippen LogP contribution in [0.4, 0.5) is 0 Å². The van der Waals surface area contributed by atoms with Crippen LogP contribution in [0.5, 0.6) is 0 Å². The lowest BCUT2D eigenvalue weighted by atomic mass is 10.2. The van der Waals surface area contributed by atoms with Gasteiger partial charge in [0, 0.05) is 19.5 Å². The monoisotopic (exact) mass is 208 g/mol. The SMILES string of the molecule is CC#CCCNC1CC(=O)N(CC)C1=O. The van der Waals surface area contributed by atoms with Gasteiger partial charge in [-0.05, 0) is 13.8 Å². The van der Waals surface area contributed by atoms with Crippen molar-refractivity contribution in [2.45, 2.75) is 32.7 Å². The summed E-state index contributed by atoms with van der Waals surface area (Å²) in [5.74, 6) is 5.50. The maximum atomic E-state index is 11.6. The molecule has 1 heterocycles. The Kier molecular flexibility index (Phi) is 4.32. The predicted molar refractivity (Wildman–Crippen MR) is 56.9 cm³/mol. The van der Waals surface area contributed by atoms with Crippen LogP contribution in [-0.2, 0) is 9.59 Å². The molecule has 1 N–H and O–H groups in total. The van der Waals surface area contributed by atoms with E-state index in [0.29, 0.717) is 19.5 Å². The molecular formula is C11H16N2O2. The molecule has 1 aliphatic rings. The van der Waals surface area contributed by atoms with Gasteiger partial charge in [-0.3, -0.25) is 14.5 Å². The van der Waals surface area contributed by atoms with Crippen LogP contribution in [0.3, 0.4) is 0 Å². The summed E-state index contributed by atoms with van der Waals surface area (Å²) in [6.07, 6.45) is 0.993. The fraction of sp³-hybridized carbons (Fsp3) is 0.636. The topological polar surface area (TPSA) is 49.4 Å². The fourth-order valence-corrected chi connectivity index (χ4v) is 1.61. The summed E-state index contributed by atoms with van der Waals surface area (Å²) < 4.78 is 0. The van der Waals surface area contributed by atoms with Gasteiger partial charge < -0.3 is 5.32 Å². The Balaban J connectivity index is 2.40. The number of rotatable bonds is 4. The largest absolute Gasteiger partial charge is 0.304 e. The maximum Gasteiger partial charge on any atom is 0.246 e. The van der Waals surface area contributed by atoms with Crippen molar-refractivity contribution in [2.24, 2.45) is 0 Å². The average Bonchev–Trinajstić information content (AvgIpc) is 2.49. The van der Waals surface area contributed by atoms with Crippen molar-refractivity contribution >= 4 is 11.8 Å². The number of hydrogen-bond acceptors (Lipinski definition) is 3. The van der Waals surface area contributed by atoms with E-state index in [2.05, 4.69) is 17.2 Å². The number of carbonyl (C=O) groups excluding carboxylic acids is 2. The Morgan fingerprint density at radius 3 is 2.80 bits per heavy atom. The summed E-state index contributed by atoms with van der Waals surface area (Å²) in [6.45, 7) is 4.70. The summed E-state index contributed by atoms with van der Waals surface area (Å²) in [5, 5.41) is 3.05. The summed E-state index contributed by atoms with van der Waals surface area (Å²) in [4.78, 5) is 24.3. The number of amides is 2. The van der Waals surface area contributed by atoms with Crippen molar-refractivity contribution in [3.63, 3.8) is 0 Å². The molecular weight excluding hydrogens is 192 g/mol. The van der Waals surface area contributed by atoms with Gasteiger partial charge in [0.15, 0.2) is 0 Å². The van der Waals surface area contributed by atoms with Gasteiger partial charge in [0.2, 0.25) is 11.8 Å². The summed E-state index contributed by atoms with van der Waals surface area (Å²) in [7, 11) is 0. The summed E-state index contributed by atoms with van der Waals surface area (Å²) in [6, 6.07) is -0.337. The third kappa shape index (κ3) is 2.80. The van der Waals surface area contributed by atoms with Gasteiger partial charge in [-0.15, -0.1) is 11.8 Å². The zero-order valence-electron chi connectivity index (χ0n) is 9.17. The highest BCUT2D eigenvalue weighted by Crippen LogP contribution is 2.12. The third-order valence-corrected chi connectivity index (χ3v) is 2.38. The van der Waals surface area contributed by atoms with E-state index >= 15 is 0 Å². The van der Waals surface area contributed by atoms with Crippen LogP contribution in [0.1, 0.15) is 26.7 Å². The molecule has 0 aromatic heterocycles. The first kappa shape index (κ1) is 11.7. The van der Waals surface area contributed by atoms with Crippen LogP contribution in [0.15, 0.2) is 0 Å². The van der Waals surface area contributed by atoms with Gasteiger partial charge in [0.25, 0.3) is 0 Å². The Bertz CT molecular complexity index is 314. The molecule has 1 atom stereocenters. The minimum atomic E-state index is -0.337. The maximum absolute atomic E-state index is 11.6. The zero-order valence-corrected chi connectivity index (χ0v) is 9.17. The van der Waals surface area contributed by atoms with E-state index in [1.807, 2.05) is 0 Å². The van der Waals surface area contributed by atoms with Gasteiger partial charge in [-0.1, -0.05) is 0 Å². The molecule has 0 aromatic rings. The van der Waals surface area contributed by atoms with E-state index in [1.165, 1.54) is 4.90 Å². The molecule has 0 radical (unpaired) electrons.